The number of methoxy groups -OCH3 is 1. The summed E-state index contributed by atoms with van der Waals surface area (Å²) in [7, 11) is 1.45. The Kier molecular flexibility index (Phi) is 5.48. The Hall–Kier alpha value is -1.26. The van der Waals surface area contributed by atoms with Gasteiger partial charge in [0, 0.05) is 23.8 Å². The van der Waals surface area contributed by atoms with Crippen LogP contribution in [0.5, 0.6) is 0 Å². The van der Waals surface area contributed by atoms with Crippen LogP contribution in [0.15, 0.2) is 24.3 Å². The van der Waals surface area contributed by atoms with Gasteiger partial charge in [-0.05, 0) is 50.1 Å². The first kappa shape index (κ1) is 16.1. The molecule has 1 aliphatic heterocycles. The molecule has 0 amide bonds. The maximum Gasteiger partial charge on any atom is 0.331 e. The van der Waals surface area contributed by atoms with E-state index >= 15 is 0 Å². The normalized spacial score (nSPS) is 18.2. The summed E-state index contributed by atoms with van der Waals surface area (Å²) < 4.78 is 5.04. The van der Waals surface area contributed by atoms with E-state index in [9.17, 15) is 4.79 Å². The van der Waals surface area contributed by atoms with Crippen LogP contribution < -0.4 is 5.32 Å². The molecule has 1 aliphatic rings. The van der Waals surface area contributed by atoms with Gasteiger partial charge < -0.3 is 15.0 Å². The summed E-state index contributed by atoms with van der Waals surface area (Å²) >= 11 is 5.91. The van der Waals surface area contributed by atoms with Crippen molar-refractivity contribution in [3.05, 3.63) is 29.3 Å². The SMILES string of the molecule is CCCN1CCC(Nc2ccc(Cl)cc2)(C(=O)OC)CC1. The lowest BCUT2D eigenvalue weighted by atomic mass is 9.87. The minimum Gasteiger partial charge on any atom is -0.467 e. The van der Waals surface area contributed by atoms with Gasteiger partial charge in [0.1, 0.15) is 5.54 Å². The molecule has 1 fully saturated rings. The van der Waals surface area contributed by atoms with E-state index in [4.69, 9.17) is 16.3 Å². The van der Waals surface area contributed by atoms with Crippen molar-refractivity contribution < 1.29 is 9.53 Å². The number of nitrogens with zero attached hydrogens (tertiary/aromatic N) is 1. The smallest absolute Gasteiger partial charge is 0.331 e. The number of likely N-dealkylation sites (tertiary alicyclic amines) is 1. The second-order valence-electron chi connectivity index (χ2n) is 5.55. The van der Waals surface area contributed by atoms with E-state index in [0.29, 0.717) is 5.02 Å². The fraction of sp³-hybridized carbons (Fsp3) is 0.562. The molecule has 0 radical (unpaired) electrons. The molecular weight excluding hydrogens is 288 g/mol. The molecule has 4 nitrogen and oxygen atoms in total. The predicted molar refractivity (Wildman–Crippen MR) is 85.8 cm³/mol. The number of ether oxygens (including phenoxy) is 1. The van der Waals surface area contributed by atoms with Crippen LogP contribution in [0.3, 0.4) is 0 Å². The number of halogens is 1. The Morgan fingerprint density at radius 1 is 1.33 bits per heavy atom. The highest BCUT2D eigenvalue weighted by Gasteiger charge is 2.42. The molecule has 2 rings (SSSR count). The average Bonchev–Trinajstić information content (AvgIpc) is 2.51. The number of carbonyl (C=O) groups is 1. The van der Waals surface area contributed by atoms with Gasteiger partial charge in [-0.2, -0.15) is 0 Å². The molecule has 1 heterocycles. The summed E-state index contributed by atoms with van der Waals surface area (Å²) in [6.07, 6.45) is 2.64. The zero-order valence-electron chi connectivity index (χ0n) is 12.7. The quantitative estimate of drug-likeness (QED) is 0.848. The third-order valence-corrected chi connectivity index (χ3v) is 4.31. The number of hydrogen-bond acceptors (Lipinski definition) is 4. The highest BCUT2D eigenvalue weighted by atomic mass is 35.5. The molecule has 0 atom stereocenters. The standard InChI is InChI=1S/C16H23ClN2O2/c1-3-10-19-11-8-16(9-12-19,15(20)21-2)18-14-6-4-13(17)5-7-14/h4-7,18H,3,8-12H2,1-2H3. The average molecular weight is 311 g/mol. The van der Waals surface area contributed by atoms with E-state index in [2.05, 4.69) is 17.1 Å². The van der Waals surface area contributed by atoms with Gasteiger partial charge in [0.05, 0.1) is 7.11 Å². The largest absolute Gasteiger partial charge is 0.467 e. The number of piperidine rings is 1. The van der Waals surface area contributed by atoms with Crippen LogP contribution in [0, 0.1) is 0 Å². The molecule has 0 aliphatic carbocycles. The Morgan fingerprint density at radius 3 is 2.48 bits per heavy atom. The van der Waals surface area contributed by atoms with E-state index in [1.54, 1.807) is 0 Å². The first-order valence-electron chi connectivity index (χ1n) is 7.44. The minimum absolute atomic E-state index is 0.186. The van der Waals surface area contributed by atoms with Crippen molar-refractivity contribution in [2.45, 2.75) is 31.7 Å². The number of hydrogen-bond donors (Lipinski definition) is 1. The number of anilines is 1. The van der Waals surface area contributed by atoms with Crippen LogP contribution in [0.1, 0.15) is 26.2 Å². The second-order valence-corrected chi connectivity index (χ2v) is 5.98. The molecule has 1 saturated heterocycles. The molecule has 0 spiro atoms. The Morgan fingerprint density at radius 2 is 1.95 bits per heavy atom. The molecule has 0 saturated carbocycles. The maximum absolute atomic E-state index is 12.3. The molecule has 5 heteroatoms. The van der Waals surface area contributed by atoms with E-state index in [1.165, 1.54) is 7.11 Å². The first-order chi connectivity index (χ1) is 10.1. The molecule has 1 aromatic rings. The van der Waals surface area contributed by atoms with Gasteiger partial charge >= 0.3 is 5.97 Å². The third kappa shape index (κ3) is 3.89. The lowest BCUT2D eigenvalue weighted by molar-refractivity contribution is -0.147. The van der Waals surface area contributed by atoms with Crippen LogP contribution in [0.25, 0.3) is 0 Å². The molecule has 0 unspecified atom stereocenters. The Labute approximate surface area is 131 Å². The van der Waals surface area contributed by atoms with Crippen molar-refractivity contribution in [3.63, 3.8) is 0 Å². The summed E-state index contributed by atoms with van der Waals surface area (Å²) in [5.41, 5.74) is 0.265. The molecule has 116 valence electrons. The summed E-state index contributed by atoms with van der Waals surface area (Å²) in [6.45, 7) is 5.07. The van der Waals surface area contributed by atoms with E-state index in [-0.39, 0.29) is 5.97 Å². The van der Waals surface area contributed by atoms with Gasteiger partial charge in [-0.1, -0.05) is 18.5 Å². The van der Waals surface area contributed by atoms with Crippen molar-refractivity contribution in [1.82, 2.24) is 4.90 Å². The van der Waals surface area contributed by atoms with Crippen molar-refractivity contribution >= 4 is 23.3 Å². The van der Waals surface area contributed by atoms with Gasteiger partial charge in [-0.25, -0.2) is 4.79 Å². The van der Waals surface area contributed by atoms with Crippen LogP contribution in [-0.2, 0) is 9.53 Å². The Bertz CT molecular complexity index is 468. The zero-order valence-corrected chi connectivity index (χ0v) is 13.4. The molecule has 1 aromatic carbocycles. The van der Waals surface area contributed by atoms with Crippen molar-refractivity contribution in [2.24, 2.45) is 0 Å². The third-order valence-electron chi connectivity index (χ3n) is 4.05. The Balaban J connectivity index is 2.11. The fourth-order valence-corrected chi connectivity index (χ4v) is 2.99. The summed E-state index contributed by atoms with van der Waals surface area (Å²) in [4.78, 5) is 14.7. The van der Waals surface area contributed by atoms with Gasteiger partial charge in [-0.3, -0.25) is 0 Å². The number of benzene rings is 1. The van der Waals surface area contributed by atoms with E-state index in [0.717, 1.165) is 44.6 Å². The van der Waals surface area contributed by atoms with Gasteiger partial charge in [0.2, 0.25) is 0 Å². The summed E-state index contributed by atoms with van der Waals surface area (Å²) in [5.74, 6) is -0.186. The lowest BCUT2D eigenvalue weighted by Gasteiger charge is -2.40. The minimum atomic E-state index is -0.632. The van der Waals surface area contributed by atoms with Gasteiger partial charge in [0.15, 0.2) is 0 Å². The number of carbonyl (C=O) groups excluding carboxylic acids is 1. The van der Waals surface area contributed by atoms with Crippen LogP contribution in [0.4, 0.5) is 5.69 Å². The molecule has 21 heavy (non-hydrogen) atoms. The van der Waals surface area contributed by atoms with Gasteiger partial charge in [-0.15, -0.1) is 0 Å². The summed E-state index contributed by atoms with van der Waals surface area (Å²) in [5, 5.41) is 4.06. The zero-order chi connectivity index (χ0) is 15.3. The first-order valence-corrected chi connectivity index (χ1v) is 7.82. The highest BCUT2D eigenvalue weighted by Crippen LogP contribution is 2.29. The predicted octanol–water partition coefficient (Wildman–Crippen LogP) is 3.17. The fourth-order valence-electron chi connectivity index (χ4n) is 2.86. The lowest BCUT2D eigenvalue weighted by Crippen LogP contribution is -2.55. The molecule has 0 aromatic heterocycles. The number of esters is 1. The molecular formula is C16H23ClN2O2. The van der Waals surface area contributed by atoms with E-state index < -0.39 is 5.54 Å². The van der Waals surface area contributed by atoms with E-state index in [1.807, 2.05) is 24.3 Å². The highest BCUT2D eigenvalue weighted by molar-refractivity contribution is 6.30. The topological polar surface area (TPSA) is 41.6 Å². The second kappa shape index (κ2) is 7.14. The van der Waals surface area contributed by atoms with Crippen LogP contribution in [-0.4, -0.2) is 43.2 Å². The summed E-state index contributed by atoms with van der Waals surface area (Å²) in [6, 6.07) is 7.43. The van der Waals surface area contributed by atoms with Crippen LogP contribution in [0.2, 0.25) is 5.02 Å². The maximum atomic E-state index is 12.3. The molecule has 0 bridgehead atoms. The number of nitrogens with one attached hydrogen (secondary N) is 1. The van der Waals surface area contributed by atoms with Crippen molar-refractivity contribution in [1.29, 1.82) is 0 Å². The monoisotopic (exact) mass is 310 g/mol. The molecule has 1 N–H and O–H groups in total. The van der Waals surface area contributed by atoms with Crippen LogP contribution >= 0.6 is 11.6 Å². The van der Waals surface area contributed by atoms with Crippen molar-refractivity contribution in [3.8, 4) is 0 Å². The number of rotatable bonds is 5. The van der Waals surface area contributed by atoms with Crippen molar-refractivity contribution in [2.75, 3.05) is 32.1 Å². The van der Waals surface area contributed by atoms with Gasteiger partial charge in [0.25, 0.3) is 0 Å².